The number of hydrogen-bond donors (Lipinski definition) is 2. The molecule has 104 valence electrons. The lowest BCUT2D eigenvalue weighted by Gasteiger charge is -2.29. The van der Waals surface area contributed by atoms with Gasteiger partial charge in [0, 0.05) is 16.2 Å². The number of amides is 1. The molecule has 1 aromatic carbocycles. The van der Waals surface area contributed by atoms with Crippen LogP contribution in [0.25, 0.3) is 0 Å². The maximum Gasteiger partial charge on any atom is 0.239 e. The molecule has 0 bridgehead atoms. The monoisotopic (exact) mass is 324 g/mol. The van der Waals surface area contributed by atoms with Gasteiger partial charge in [0.05, 0.1) is 6.54 Å². The van der Waals surface area contributed by atoms with Crippen molar-refractivity contribution in [3.63, 3.8) is 0 Å². The molecule has 2 atom stereocenters. The molecule has 1 saturated carbocycles. The maximum absolute atomic E-state index is 11.9. The number of hydrogen-bond acceptors (Lipinski definition) is 2. The second-order valence-corrected chi connectivity index (χ2v) is 6.21. The summed E-state index contributed by atoms with van der Waals surface area (Å²) >= 11 is 3.39. The fourth-order valence-electron chi connectivity index (χ4n) is 2.54. The first kappa shape index (κ1) is 14.4. The Hall–Kier alpha value is -1.03. The molecule has 1 aliphatic rings. The van der Waals surface area contributed by atoms with Gasteiger partial charge in [-0.25, -0.2) is 0 Å². The van der Waals surface area contributed by atoms with Crippen molar-refractivity contribution in [1.82, 2.24) is 5.32 Å². The van der Waals surface area contributed by atoms with Gasteiger partial charge < -0.3 is 10.6 Å². The minimum Gasteiger partial charge on any atom is -0.376 e. The van der Waals surface area contributed by atoms with E-state index in [1.165, 1.54) is 19.3 Å². The van der Waals surface area contributed by atoms with E-state index in [0.717, 1.165) is 16.6 Å². The van der Waals surface area contributed by atoms with Crippen LogP contribution in [0, 0.1) is 5.92 Å². The predicted octanol–water partition coefficient (Wildman–Crippen LogP) is 3.56. The van der Waals surface area contributed by atoms with Crippen LogP contribution in [0.2, 0.25) is 0 Å². The van der Waals surface area contributed by atoms with Crippen LogP contribution in [0.4, 0.5) is 5.69 Å². The van der Waals surface area contributed by atoms with Crippen molar-refractivity contribution in [2.75, 3.05) is 11.9 Å². The van der Waals surface area contributed by atoms with Gasteiger partial charge in [0.1, 0.15) is 0 Å². The summed E-state index contributed by atoms with van der Waals surface area (Å²) in [6.45, 7) is 2.57. The molecular formula is C15H21BrN2O. The number of benzene rings is 1. The molecule has 1 aliphatic carbocycles. The first-order valence-corrected chi connectivity index (χ1v) is 7.73. The van der Waals surface area contributed by atoms with Gasteiger partial charge in [0.25, 0.3) is 0 Å². The second-order valence-electron chi connectivity index (χ2n) is 5.30. The van der Waals surface area contributed by atoms with Crippen LogP contribution in [0.1, 0.15) is 32.6 Å². The molecule has 0 aromatic heterocycles. The van der Waals surface area contributed by atoms with Crippen LogP contribution in [-0.2, 0) is 4.79 Å². The molecule has 2 unspecified atom stereocenters. The van der Waals surface area contributed by atoms with Crippen LogP contribution >= 0.6 is 15.9 Å². The highest BCUT2D eigenvalue weighted by molar-refractivity contribution is 9.10. The van der Waals surface area contributed by atoms with Gasteiger partial charge in [0.15, 0.2) is 0 Å². The predicted molar refractivity (Wildman–Crippen MR) is 82.2 cm³/mol. The quantitative estimate of drug-likeness (QED) is 0.889. The molecule has 0 radical (unpaired) electrons. The summed E-state index contributed by atoms with van der Waals surface area (Å²) in [6, 6.07) is 8.20. The zero-order chi connectivity index (χ0) is 13.7. The van der Waals surface area contributed by atoms with Gasteiger partial charge in [-0.15, -0.1) is 0 Å². The van der Waals surface area contributed by atoms with E-state index >= 15 is 0 Å². The summed E-state index contributed by atoms with van der Waals surface area (Å²) in [5.41, 5.74) is 0.968. The van der Waals surface area contributed by atoms with Crippen molar-refractivity contribution < 1.29 is 4.79 Å². The molecule has 1 aromatic rings. The zero-order valence-corrected chi connectivity index (χ0v) is 12.9. The van der Waals surface area contributed by atoms with Gasteiger partial charge in [0.2, 0.25) is 5.91 Å². The third-order valence-corrected chi connectivity index (χ3v) is 4.28. The fraction of sp³-hybridized carbons (Fsp3) is 0.533. The molecule has 1 amide bonds. The Morgan fingerprint density at radius 1 is 1.26 bits per heavy atom. The van der Waals surface area contributed by atoms with Crippen LogP contribution in [-0.4, -0.2) is 18.5 Å². The van der Waals surface area contributed by atoms with Crippen molar-refractivity contribution in [2.45, 2.75) is 38.6 Å². The third kappa shape index (κ3) is 4.53. The average Bonchev–Trinajstić information content (AvgIpc) is 2.41. The van der Waals surface area contributed by atoms with E-state index in [0.29, 0.717) is 18.5 Å². The molecule has 1 fully saturated rings. The lowest BCUT2D eigenvalue weighted by molar-refractivity contribution is -0.120. The van der Waals surface area contributed by atoms with Gasteiger partial charge in [-0.1, -0.05) is 35.7 Å². The Balaban J connectivity index is 1.76. The normalized spacial score (nSPS) is 22.8. The Kier molecular flexibility index (Phi) is 5.25. The van der Waals surface area contributed by atoms with Crippen molar-refractivity contribution in [3.05, 3.63) is 28.7 Å². The largest absolute Gasteiger partial charge is 0.376 e. The molecule has 0 heterocycles. The Bertz CT molecular complexity index is 419. The standard InChI is InChI=1S/C15H21BrN2O/c1-11-4-2-3-5-14(11)18-15(19)10-17-13-8-6-12(16)7-9-13/h6-9,11,14,17H,2-5,10H2,1H3,(H,18,19). The Labute approximate surface area is 123 Å². The minimum absolute atomic E-state index is 0.0849. The van der Waals surface area contributed by atoms with Crippen molar-refractivity contribution in [3.8, 4) is 0 Å². The van der Waals surface area contributed by atoms with Gasteiger partial charge >= 0.3 is 0 Å². The highest BCUT2D eigenvalue weighted by atomic mass is 79.9. The molecule has 2 N–H and O–H groups in total. The summed E-state index contributed by atoms with van der Waals surface area (Å²) in [5.74, 6) is 0.687. The summed E-state index contributed by atoms with van der Waals surface area (Å²) in [6.07, 6.45) is 4.87. The van der Waals surface area contributed by atoms with Crippen LogP contribution in [0.15, 0.2) is 28.7 Å². The van der Waals surface area contributed by atoms with E-state index in [9.17, 15) is 4.79 Å². The topological polar surface area (TPSA) is 41.1 Å². The molecule has 19 heavy (non-hydrogen) atoms. The van der Waals surface area contributed by atoms with Crippen molar-refractivity contribution in [1.29, 1.82) is 0 Å². The average molecular weight is 325 g/mol. The number of anilines is 1. The number of carbonyl (C=O) groups is 1. The highest BCUT2D eigenvalue weighted by Crippen LogP contribution is 2.23. The summed E-state index contributed by atoms with van der Waals surface area (Å²) in [5, 5.41) is 6.28. The molecule has 4 heteroatoms. The summed E-state index contributed by atoms with van der Waals surface area (Å²) in [4.78, 5) is 11.9. The van der Waals surface area contributed by atoms with Gasteiger partial charge in [-0.05, 0) is 43.0 Å². The van der Waals surface area contributed by atoms with Gasteiger partial charge in [-0.2, -0.15) is 0 Å². The molecular weight excluding hydrogens is 304 g/mol. The molecule has 0 saturated heterocycles. The SMILES string of the molecule is CC1CCCCC1NC(=O)CNc1ccc(Br)cc1. The number of rotatable bonds is 4. The van der Waals surface area contributed by atoms with Crippen LogP contribution in [0.5, 0.6) is 0 Å². The van der Waals surface area contributed by atoms with Crippen molar-refractivity contribution >= 4 is 27.5 Å². The van der Waals surface area contributed by atoms with E-state index in [-0.39, 0.29) is 5.91 Å². The number of halogens is 1. The smallest absolute Gasteiger partial charge is 0.239 e. The zero-order valence-electron chi connectivity index (χ0n) is 11.3. The van der Waals surface area contributed by atoms with Crippen LogP contribution in [0.3, 0.4) is 0 Å². The van der Waals surface area contributed by atoms with E-state index in [1.54, 1.807) is 0 Å². The summed E-state index contributed by atoms with van der Waals surface area (Å²) < 4.78 is 1.04. The molecule has 0 aliphatic heterocycles. The summed E-state index contributed by atoms with van der Waals surface area (Å²) in [7, 11) is 0. The van der Waals surface area contributed by atoms with E-state index in [1.807, 2.05) is 24.3 Å². The third-order valence-electron chi connectivity index (χ3n) is 3.76. The molecule has 0 spiro atoms. The van der Waals surface area contributed by atoms with Crippen LogP contribution < -0.4 is 10.6 Å². The minimum atomic E-state index is 0.0849. The Morgan fingerprint density at radius 2 is 1.95 bits per heavy atom. The molecule has 2 rings (SSSR count). The first-order chi connectivity index (χ1) is 9.15. The lowest BCUT2D eigenvalue weighted by Crippen LogP contribution is -2.43. The number of carbonyl (C=O) groups excluding carboxylic acids is 1. The molecule has 3 nitrogen and oxygen atoms in total. The Morgan fingerprint density at radius 3 is 2.63 bits per heavy atom. The maximum atomic E-state index is 11.9. The second kappa shape index (κ2) is 6.94. The van der Waals surface area contributed by atoms with E-state index < -0.39 is 0 Å². The lowest BCUT2D eigenvalue weighted by atomic mass is 9.86. The van der Waals surface area contributed by atoms with E-state index in [2.05, 4.69) is 33.5 Å². The first-order valence-electron chi connectivity index (χ1n) is 6.94. The van der Waals surface area contributed by atoms with Crippen molar-refractivity contribution in [2.24, 2.45) is 5.92 Å². The van der Waals surface area contributed by atoms with Gasteiger partial charge in [-0.3, -0.25) is 4.79 Å². The van der Waals surface area contributed by atoms with E-state index in [4.69, 9.17) is 0 Å². The highest BCUT2D eigenvalue weighted by Gasteiger charge is 2.22. The number of nitrogens with one attached hydrogen (secondary N) is 2. The fourth-order valence-corrected chi connectivity index (χ4v) is 2.80.